The van der Waals surface area contributed by atoms with Gasteiger partial charge in [-0.05, 0) is 53.1 Å². The number of nitro groups is 1. The van der Waals surface area contributed by atoms with Gasteiger partial charge in [-0.2, -0.15) is 5.26 Å². The van der Waals surface area contributed by atoms with Gasteiger partial charge in [0.2, 0.25) is 5.91 Å². The number of carbonyl (C=O) groups excluding carboxylic acids is 1. The Balaban J connectivity index is 1.55. The Morgan fingerprint density at radius 2 is 1.67 bits per heavy atom. The largest absolute Gasteiger partial charge is 0.493 e. The minimum Gasteiger partial charge on any atom is -0.493 e. The van der Waals surface area contributed by atoms with Gasteiger partial charge < -0.3 is 20.1 Å². The second-order valence-electron chi connectivity index (χ2n) is 8.59. The van der Waals surface area contributed by atoms with Crippen LogP contribution in [0.3, 0.4) is 0 Å². The van der Waals surface area contributed by atoms with E-state index in [9.17, 15) is 14.9 Å². The maximum atomic E-state index is 13.4. The number of non-ortho nitro benzene ring substituents is 1. The molecule has 0 aromatic heterocycles. The summed E-state index contributed by atoms with van der Waals surface area (Å²) in [6.07, 6.45) is 0. The molecule has 9 heteroatoms. The van der Waals surface area contributed by atoms with Crippen molar-refractivity contribution in [1.29, 1.82) is 5.26 Å². The molecule has 0 aliphatic heterocycles. The highest BCUT2D eigenvalue weighted by atomic mass is 16.6. The highest BCUT2D eigenvalue weighted by Crippen LogP contribution is 2.32. The van der Waals surface area contributed by atoms with E-state index in [0.29, 0.717) is 40.5 Å². The lowest BCUT2D eigenvalue weighted by atomic mass is 10.0. The summed E-state index contributed by atoms with van der Waals surface area (Å²) >= 11 is 0. The standard InChI is InChI=1S/C30H26N4O5/c1-38-28-17-24(11-16-27(28)39-20-23-5-3-2-4-6-23)29(33-25-12-7-21(18-31)8-13-25)30(35)32-19-22-9-14-26(15-10-22)34(36)37/h2-17,29,33H,19-20H2,1H3,(H,32,35). The van der Waals surface area contributed by atoms with Crippen molar-refractivity contribution in [3.05, 3.63) is 129 Å². The lowest BCUT2D eigenvalue weighted by Gasteiger charge is -2.21. The van der Waals surface area contributed by atoms with Crippen LogP contribution in [0.25, 0.3) is 0 Å². The predicted molar refractivity (Wildman–Crippen MR) is 146 cm³/mol. The quantitative estimate of drug-likeness (QED) is 0.196. The second kappa shape index (κ2) is 12.7. The Morgan fingerprint density at radius 1 is 0.949 bits per heavy atom. The summed E-state index contributed by atoms with van der Waals surface area (Å²) in [5.41, 5.74) is 3.48. The molecule has 0 radical (unpaired) electrons. The fourth-order valence-corrected chi connectivity index (χ4v) is 3.85. The van der Waals surface area contributed by atoms with Gasteiger partial charge in [0, 0.05) is 24.4 Å². The first-order valence-corrected chi connectivity index (χ1v) is 12.1. The van der Waals surface area contributed by atoms with Gasteiger partial charge in [0.1, 0.15) is 12.6 Å². The van der Waals surface area contributed by atoms with Gasteiger partial charge in [0.05, 0.1) is 23.7 Å². The van der Waals surface area contributed by atoms with Crippen molar-refractivity contribution in [2.45, 2.75) is 19.2 Å². The molecule has 4 aromatic carbocycles. The lowest BCUT2D eigenvalue weighted by molar-refractivity contribution is -0.384. The molecular weight excluding hydrogens is 496 g/mol. The van der Waals surface area contributed by atoms with Crippen molar-refractivity contribution >= 4 is 17.3 Å². The van der Waals surface area contributed by atoms with E-state index in [1.807, 2.05) is 30.3 Å². The Morgan fingerprint density at radius 3 is 2.31 bits per heavy atom. The number of hydrogen-bond acceptors (Lipinski definition) is 7. The normalized spacial score (nSPS) is 11.1. The number of benzene rings is 4. The Bertz CT molecular complexity index is 1470. The average molecular weight is 523 g/mol. The zero-order valence-electron chi connectivity index (χ0n) is 21.2. The number of carbonyl (C=O) groups is 1. The summed E-state index contributed by atoms with van der Waals surface area (Å²) in [7, 11) is 1.53. The van der Waals surface area contributed by atoms with Crippen LogP contribution in [0.2, 0.25) is 0 Å². The summed E-state index contributed by atoms with van der Waals surface area (Å²) in [4.78, 5) is 23.9. The number of rotatable bonds is 11. The van der Waals surface area contributed by atoms with Crippen LogP contribution in [0.5, 0.6) is 11.5 Å². The first-order valence-electron chi connectivity index (χ1n) is 12.1. The van der Waals surface area contributed by atoms with Gasteiger partial charge in [0.15, 0.2) is 11.5 Å². The van der Waals surface area contributed by atoms with Crippen LogP contribution < -0.4 is 20.1 Å². The number of nitriles is 1. The van der Waals surface area contributed by atoms with Crippen molar-refractivity contribution in [1.82, 2.24) is 5.32 Å². The van der Waals surface area contributed by atoms with Crippen LogP contribution in [0, 0.1) is 21.4 Å². The fraction of sp³-hybridized carbons (Fsp3) is 0.133. The molecule has 0 spiro atoms. The lowest BCUT2D eigenvalue weighted by Crippen LogP contribution is -2.33. The number of methoxy groups -OCH3 is 1. The summed E-state index contributed by atoms with van der Waals surface area (Å²) in [5.74, 6) is 0.685. The molecule has 0 saturated carbocycles. The van der Waals surface area contributed by atoms with Gasteiger partial charge in [-0.3, -0.25) is 14.9 Å². The third-order valence-electron chi connectivity index (χ3n) is 5.96. The summed E-state index contributed by atoms with van der Waals surface area (Å²) in [6.45, 7) is 0.539. The molecular formula is C30H26N4O5. The second-order valence-corrected chi connectivity index (χ2v) is 8.59. The zero-order chi connectivity index (χ0) is 27.6. The van der Waals surface area contributed by atoms with E-state index in [-0.39, 0.29) is 18.1 Å². The Hall–Kier alpha value is -5.36. The Labute approximate surface area is 225 Å². The third-order valence-corrected chi connectivity index (χ3v) is 5.96. The molecule has 0 heterocycles. The molecule has 0 aliphatic carbocycles. The van der Waals surface area contributed by atoms with Crippen molar-refractivity contribution in [2.24, 2.45) is 0 Å². The SMILES string of the molecule is COc1cc(C(Nc2ccc(C#N)cc2)C(=O)NCc2ccc([N+](=O)[O-])cc2)ccc1OCc1ccccc1. The molecule has 9 nitrogen and oxygen atoms in total. The van der Waals surface area contributed by atoms with Gasteiger partial charge in [-0.25, -0.2) is 0 Å². The van der Waals surface area contributed by atoms with E-state index in [4.69, 9.17) is 14.7 Å². The fourth-order valence-electron chi connectivity index (χ4n) is 3.85. The molecule has 1 atom stereocenters. The molecule has 0 saturated heterocycles. The highest BCUT2D eigenvalue weighted by Gasteiger charge is 2.22. The van der Waals surface area contributed by atoms with E-state index in [1.165, 1.54) is 19.2 Å². The van der Waals surface area contributed by atoms with Crippen LogP contribution in [0.1, 0.15) is 28.3 Å². The average Bonchev–Trinajstić information content (AvgIpc) is 2.98. The smallest absolute Gasteiger partial charge is 0.269 e. The van der Waals surface area contributed by atoms with Gasteiger partial charge in [0.25, 0.3) is 5.69 Å². The summed E-state index contributed by atoms with van der Waals surface area (Å²) in [5, 5.41) is 26.1. The topological polar surface area (TPSA) is 127 Å². The predicted octanol–water partition coefficient (Wildman–Crippen LogP) is 5.52. The zero-order valence-corrected chi connectivity index (χ0v) is 21.2. The molecule has 4 rings (SSSR count). The van der Waals surface area contributed by atoms with E-state index in [0.717, 1.165) is 5.56 Å². The van der Waals surface area contributed by atoms with E-state index >= 15 is 0 Å². The van der Waals surface area contributed by atoms with Gasteiger partial charge in [-0.1, -0.05) is 48.5 Å². The highest BCUT2D eigenvalue weighted by molar-refractivity contribution is 5.86. The monoisotopic (exact) mass is 522 g/mol. The van der Waals surface area contributed by atoms with Gasteiger partial charge >= 0.3 is 0 Å². The number of nitrogens with zero attached hydrogens (tertiary/aromatic N) is 2. The molecule has 196 valence electrons. The van der Waals surface area contributed by atoms with Crippen molar-refractivity contribution < 1.29 is 19.2 Å². The van der Waals surface area contributed by atoms with Crippen LogP contribution in [0.4, 0.5) is 11.4 Å². The molecule has 1 unspecified atom stereocenters. The molecule has 4 aromatic rings. The van der Waals surface area contributed by atoms with Crippen LogP contribution in [0.15, 0.2) is 97.1 Å². The minimum absolute atomic E-state index is 0.0212. The van der Waals surface area contributed by atoms with E-state index in [1.54, 1.807) is 54.6 Å². The Kier molecular flexibility index (Phi) is 8.72. The molecule has 1 amide bonds. The first kappa shape index (κ1) is 26.7. The molecule has 2 N–H and O–H groups in total. The van der Waals surface area contributed by atoms with Crippen molar-refractivity contribution in [2.75, 3.05) is 12.4 Å². The summed E-state index contributed by atoms with van der Waals surface area (Å²) in [6, 6.07) is 29.1. The van der Waals surface area contributed by atoms with Gasteiger partial charge in [-0.15, -0.1) is 0 Å². The van der Waals surface area contributed by atoms with Crippen LogP contribution in [-0.2, 0) is 17.9 Å². The molecule has 39 heavy (non-hydrogen) atoms. The number of nitrogens with one attached hydrogen (secondary N) is 2. The van der Waals surface area contributed by atoms with E-state index < -0.39 is 11.0 Å². The van der Waals surface area contributed by atoms with Crippen LogP contribution >= 0.6 is 0 Å². The van der Waals surface area contributed by atoms with Crippen molar-refractivity contribution in [3.8, 4) is 17.6 Å². The maximum Gasteiger partial charge on any atom is 0.269 e. The van der Waals surface area contributed by atoms with E-state index in [2.05, 4.69) is 16.7 Å². The summed E-state index contributed by atoms with van der Waals surface area (Å²) < 4.78 is 11.5. The molecule has 0 aliphatic rings. The van der Waals surface area contributed by atoms with Crippen LogP contribution in [-0.4, -0.2) is 17.9 Å². The first-order chi connectivity index (χ1) is 19.0. The number of amides is 1. The number of anilines is 1. The molecule has 0 fully saturated rings. The maximum absolute atomic E-state index is 13.4. The number of nitro benzene ring substituents is 1. The molecule has 0 bridgehead atoms. The number of hydrogen-bond donors (Lipinski definition) is 2. The third kappa shape index (κ3) is 7.11. The minimum atomic E-state index is -0.812. The van der Waals surface area contributed by atoms with Crippen molar-refractivity contribution in [3.63, 3.8) is 0 Å². The number of ether oxygens (including phenoxy) is 2.